The van der Waals surface area contributed by atoms with Gasteiger partial charge in [-0.2, -0.15) is 0 Å². The van der Waals surface area contributed by atoms with Crippen LogP contribution < -0.4 is 4.74 Å². The number of likely N-dealkylation sites (tertiary alicyclic amines) is 1. The van der Waals surface area contributed by atoms with Crippen molar-refractivity contribution in [2.24, 2.45) is 0 Å². The molecule has 1 fully saturated rings. The lowest BCUT2D eigenvalue weighted by Gasteiger charge is -2.14. The van der Waals surface area contributed by atoms with Crippen molar-refractivity contribution in [1.29, 1.82) is 0 Å². The molecule has 0 unspecified atom stereocenters. The molecule has 30 heavy (non-hydrogen) atoms. The minimum absolute atomic E-state index is 0.0427. The summed E-state index contributed by atoms with van der Waals surface area (Å²) in [5.41, 5.74) is 2.26. The number of pyridine rings is 1. The van der Waals surface area contributed by atoms with Crippen molar-refractivity contribution in [3.63, 3.8) is 0 Å². The summed E-state index contributed by atoms with van der Waals surface area (Å²) in [5, 5.41) is 0.485. The molecule has 1 atom stereocenters. The van der Waals surface area contributed by atoms with Gasteiger partial charge in [0, 0.05) is 49.1 Å². The summed E-state index contributed by atoms with van der Waals surface area (Å²) >= 11 is 1.31. The maximum absolute atomic E-state index is 14.9. The summed E-state index contributed by atoms with van der Waals surface area (Å²) in [6.07, 6.45) is 2.52. The number of ether oxygens (including phenoxy) is 2. The summed E-state index contributed by atoms with van der Waals surface area (Å²) < 4.78 is 26.9. The maximum Gasteiger partial charge on any atom is 0.264 e. The number of hydrogen-bond acceptors (Lipinski definition) is 5. The van der Waals surface area contributed by atoms with Crippen molar-refractivity contribution < 1.29 is 18.7 Å². The van der Waals surface area contributed by atoms with E-state index in [2.05, 4.69) is 9.97 Å². The van der Waals surface area contributed by atoms with Crippen LogP contribution in [0.3, 0.4) is 0 Å². The number of methoxy groups -OCH3 is 1. The minimum Gasteiger partial charge on any atom is -0.453 e. The number of H-pyrrole nitrogens is 1. The highest BCUT2D eigenvalue weighted by Crippen LogP contribution is 2.37. The number of rotatable bonds is 4. The normalized spacial score (nSPS) is 16.6. The quantitative estimate of drug-likeness (QED) is 0.506. The molecule has 154 valence electrons. The molecule has 0 bridgehead atoms. The van der Waals surface area contributed by atoms with Crippen molar-refractivity contribution in [1.82, 2.24) is 14.9 Å². The second-order valence-electron chi connectivity index (χ2n) is 7.42. The molecule has 0 radical (unpaired) electrons. The van der Waals surface area contributed by atoms with Crippen LogP contribution in [0.5, 0.6) is 11.5 Å². The number of aromatic nitrogens is 2. The molecule has 4 aromatic rings. The van der Waals surface area contributed by atoms with Gasteiger partial charge in [-0.1, -0.05) is 0 Å². The molecule has 0 saturated carbocycles. The van der Waals surface area contributed by atoms with E-state index in [1.165, 1.54) is 11.3 Å². The van der Waals surface area contributed by atoms with Crippen LogP contribution in [0.25, 0.3) is 21.1 Å². The fraction of sp³-hybridized carbons (Fsp3) is 0.273. The molecule has 1 N–H and O–H groups in total. The third-order valence-corrected chi connectivity index (χ3v) is 6.54. The zero-order chi connectivity index (χ0) is 20.8. The van der Waals surface area contributed by atoms with E-state index in [0.717, 1.165) is 17.6 Å². The lowest BCUT2D eigenvalue weighted by molar-refractivity contribution is 0.0728. The minimum atomic E-state index is -0.419. The predicted octanol–water partition coefficient (Wildman–Crippen LogP) is 4.88. The first-order valence-electron chi connectivity index (χ1n) is 9.70. The van der Waals surface area contributed by atoms with Gasteiger partial charge < -0.3 is 19.4 Å². The second kappa shape index (κ2) is 7.37. The number of amides is 1. The summed E-state index contributed by atoms with van der Waals surface area (Å²) in [5.74, 6) is 0.153. The molecule has 1 aliphatic heterocycles. The van der Waals surface area contributed by atoms with Gasteiger partial charge in [0.15, 0.2) is 11.6 Å². The first kappa shape index (κ1) is 19.0. The highest BCUT2D eigenvalue weighted by molar-refractivity contribution is 7.21. The van der Waals surface area contributed by atoms with Crippen molar-refractivity contribution in [3.8, 4) is 11.5 Å². The molecular weight excluding hydrogens is 405 g/mol. The fourth-order valence-corrected chi connectivity index (χ4v) is 4.88. The van der Waals surface area contributed by atoms with Gasteiger partial charge in [0.05, 0.1) is 21.2 Å². The Labute approximate surface area is 176 Å². The van der Waals surface area contributed by atoms with Crippen LogP contribution in [0.15, 0.2) is 36.5 Å². The predicted molar refractivity (Wildman–Crippen MR) is 114 cm³/mol. The Hall–Kier alpha value is -2.97. The Morgan fingerprint density at radius 3 is 2.97 bits per heavy atom. The molecule has 4 heterocycles. The van der Waals surface area contributed by atoms with Crippen molar-refractivity contribution >= 4 is 38.4 Å². The number of thiophene rings is 1. The van der Waals surface area contributed by atoms with Crippen molar-refractivity contribution in [2.75, 3.05) is 20.2 Å². The summed E-state index contributed by atoms with van der Waals surface area (Å²) in [6.45, 7) is 3.14. The standard InChI is InChI=1S/C22H20FN3O3S/c1-12-9-14-15(25-12)3-4-17(20(14)23)29-18-5-7-24-16-10-19(30-21(16)18)22(27)26-8-6-13(11-26)28-2/h3-5,7,9-10,13,25H,6,8,11H2,1-2H3/t13-/m0/s1. The van der Waals surface area contributed by atoms with Crippen LogP contribution in [0.1, 0.15) is 21.8 Å². The average Bonchev–Trinajstić information content (AvgIpc) is 3.47. The van der Waals surface area contributed by atoms with E-state index in [9.17, 15) is 9.18 Å². The van der Waals surface area contributed by atoms with Crippen molar-refractivity contribution in [3.05, 3.63) is 52.9 Å². The first-order valence-corrected chi connectivity index (χ1v) is 10.5. The molecule has 3 aromatic heterocycles. The van der Waals surface area contributed by atoms with Gasteiger partial charge in [-0.05, 0) is 37.6 Å². The van der Waals surface area contributed by atoms with Crippen LogP contribution in [0.2, 0.25) is 0 Å². The Kier molecular flexibility index (Phi) is 4.67. The highest BCUT2D eigenvalue weighted by Gasteiger charge is 2.28. The summed E-state index contributed by atoms with van der Waals surface area (Å²) in [6, 6.07) is 8.61. The zero-order valence-corrected chi connectivity index (χ0v) is 17.4. The van der Waals surface area contributed by atoms with Gasteiger partial charge >= 0.3 is 0 Å². The molecular formula is C22H20FN3O3S. The second-order valence-corrected chi connectivity index (χ2v) is 8.48. The number of halogens is 1. The van der Waals surface area contributed by atoms with Crippen LogP contribution in [-0.2, 0) is 4.74 Å². The number of aromatic amines is 1. The van der Waals surface area contributed by atoms with Gasteiger partial charge in [-0.3, -0.25) is 9.78 Å². The van der Waals surface area contributed by atoms with Gasteiger partial charge in [0.1, 0.15) is 5.75 Å². The molecule has 6 nitrogen and oxygen atoms in total. The largest absolute Gasteiger partial charge is 0.453 e. The van der Waals surface area contributed by atoms with E-state index >= 15 is 0 Å². The lowest BCUT2D eigenvalue weighted by atomic mass is 10.2. The number of aryl methyl sites for hydroxylation is 1. The van der Waals surface area contributed by atoms with E-state index in [4.69, 9.17) is 9.47 Å². The smallest absolute Gasteiger partial charge is 0.264 e. The molecule has 1 aliphatic rings. The number of nitrogens with one attached hydrogen (secondary N) is 1. The molecule has 1 amide bonds. The van der Waals surface area contributed by atoms with Crippen molar-refractivity contribution in [2.45, 2.75) is 19.4 Å². The van der Waals surface area contributed by atoms with Crippen LogP contribution >= 0.6 is 11.3 Å². The summed E-state index contributed by atoms with van der Waals surface area (Å²) in [4.78, 5) is 22.7. The van der Waals surface area contributed by atoms with Gasteiger partial charge in [0.25, 0.3) is 5.91 Å². The van der Waals surface area contributed by atoms with E-state index in [-0.39, 0.29) is 17.8 Å². The molecule has 8 heteroatoms. The number of fused-ring (bicyclic) bond motifs is 2. The lowest BCUT2D eigenvalue weighted by Crippen LogP contribution is -2.29. The molecule has 5 rings (SSSR count). The molecule has 0 spiro atoms. The molecule has 1 saturated heterocycles. The zero-order valence-electron chi connectivity index (χ0n) is 16.6. The number of nitrogens with zero attached hydrogens (tertiary/aromatic N) is 2. The maximum atomic E-state index is 14.9. The van der Waals surface area contributed by atoms with E-state index in [0.29, 0.717) is 39.3 Å². The number of hydrogen-bond donors (Lipinski definition) is 1. The number of carbonyl (C=O) groups is 1. The fourth-order valence-electron chi connectivity index (χ4n) is 3.85. The Morgan fingerprint density at radius 2 is 2.17 bits per heavy atom. The van der Waals surface area contributed by atoms with E-state index in [1.54, 1.807) is 48.5 Å². The highest BCUT2D eigenvalue weighted by atomic mass is 32.1. The van der Waals surface area contributed by atoms with Crippen LogP contribution in [0.4, 0.5) is 4.39 Å². The number of benzene rings is 1. The molecule has 1 aromatic carbocycles. The Morgan fingerprint density at radius 1 is 1.30 bits per heavy atom. The van der Waals surface area contributed by atoms with Crippen LogP contribution in [0, 0.1) is 12.7 Å². The number of carbonyl (C=O) groups excluding carboxylic acids is 1. The topological polar surface area (TPSA) is 67.4 Å². The van der Waals surface area contributed by atoms with Gasteiger partial charge in [-0.25, -0.2) is 4.39 Å². The van der Waals surface area contributed by atoms with E-state index < -0.39 is 5.82 Å². The summed E-state index contributed by atoms with van der Waals surface area (Å²) in [7, 11) is 1.66. The van der Waals surface area contributed by atoms with Gasteiger partial charge in [-0.15, -0.1) is 11.3 Å². The van der Waals surface area contributed by atoms with Gasteiger partial charge in [0.2, 0.25) is 0 Å². The Bertz CT molecular complexity index is 1270. The third kappa shape index (κ3) is 3.22. The average molecular weight is 425 g/mol. The molecule has 0 aliphatic carbocycles. The SMILES string of the molecule is CO[C@H]1CCN(C(=O)c2cc3nccc(Oc4ccc5[nH]c(C)cc5c4F)c3s2)C1. The first-order chi connectivity index (χ1) is 14.5. The van der Waals surface area contributed by atoms with E-state index in [1.807, 2.05) is 6.92 Å². The third-order valence-electron chi connectivity index (χ3n) is 5.41. The Balaban J connectivity index is 1.47. The monoisotopic (exact) mass is 425 g/mol. The van der Waals surface area contributed by atoms with Crippen LogP contribution in [-0.4, -0.2) is 47.1 Å².